The number of nitrogens with one attached hydrogen (secondary N) is 1. The predicted molar refractivity (Wildman–Crippen MR) is 88.6 cm³/mol. The Morgan fingerprint density at radius 3 is 2.68 bits per heavy atom. The molecule has 1 heterocycles. The van der Waals surface area contributed by atoms with Gasteiger partial charge in [-0.25, -0.2) is 0 Å². The van der Waals surface area contributed by atoms with E-state index in [2.05, 4.69) is 35.9 Å². The first-order valence-corrected chi connectivity index (χ1v) is 8.43. The van der Waals surface area contributed by atoms with E-state index < -0.39 is 0 Å². The maximum atomic E-state index is 12.0. The van der Waals surface area contributed by atoms with E-state index in [1.807, 2.05) is 6.92 Å². The van der Waals surface area contributed by atoms with Crippen molar-refractivity contribution in [3.8, 4) is 0 Å². The molecule has 1 aromatic heterocycles. The zero-order chi connectivity index (χ0) is 16.3. The van der Waals surface area contributed by atoms with Crippen molar-refractivity contribution < 1.29 is 4.79 Å². The highest BCUT2D eigenvalue weighted by molar-refractivity contribution is 5.76. The van der Waals surface area contributed by atoms with Gasteiger partial charge in [0, 0.05) is 31.2 Å². The Kier molecular flexibility index (Phi) is 5.62. The average Bonchev–Trinajstić information content (AvgIpc) is 3.24. The molecule has 1 saturated carbocycles. The van der Waals surface area contributed by atoms with Crippen LogP contribution in [0.1, 0.15) is 50.1 Å². The average molecular weight is 306 g/mol. The molecular formula is C17H30N4O. The van der Waals surface area contributed by atoms with Crippen LogP contribution < -0.4 is 11.1 Å². The summed E-state index contributed by atoms with van der Waals surface area (Å²) in [4.78, 5) is 12.0. The molecule has 1 atom stereocenters. The number of carbonyl (C=O) groups is 1. The number of nitrogens with zero attached hydrogens (tertiary/aromatic N) is 2. The number of carbonyl (C=O) groups excluding carboxylic acids is 1. The first-order valence-electron chi connectivity index (χ1n) is 8.43. The fourth-order valence-corrected chi connectivity index (χ4v) is 2.87. The molecule has 5 heteroatoms. The Bertz CT molecular complexity index is 517. The van der Waals surface area contributed by atoms with Gasteiger partial charge in [-0.15, -0.1) is 0 Å². The first kappa shape index (κ1) is 17.0. The fourth-order valence-electron chi connectivity index (χ4n) is 2.87. The molecule has 1 aliphatic rings. The summed E-state index contributed by atoms with van der Waals surface area (Å²) in [5, 5.41) is 7.56. The first-order chi connectivity index (χ1) is 10.4. The molecule has 0 aliphatic heterocycles. The van der Waals surface area contributed by atoms with Gasteiger partial charge in [-0.3, -0.25) is 9.48 Å². The molecule has 0 radical (unpaired) electrons. The summed E-state index contributed by atoms with van der Waals surface area (Å²) < 4.78 is 2.07. The molecule has 1 aromatic rings. The van der Waals surface area contributed by atoms with E-state index in [-0.39, 0.29) is 11.9 Å². The topological polar surface area (TPSA) is 72.9 Å². The van der Waals surface area contributed by atoms with Gasteiger partial charge >= 0.3 is 0 Å². The summed E-state index contributed by atoms with van der Waals surface area (Å²) in [5.41, 5.74) is 9.45. The van der Waals surface area contributed by atoms with Crippen LogP contribution in [-0.2, 0) is 17.8 Å². The van der Waals surface area contributed by atoms with E-state index in [0.717, 1.165) is 18.7 Å². The summed E-state index contributed by atoms with van der Waals surface area (Å²) in [6.07, 6.45) is 3.68. The Hall–Kier alpha value is -1.36. The van der Waals surface area contributed by atoms with E-state index in [9.17, 15) is 4.79 Å². The minimum atomic E-state index is 0.0894. The highest BCUT2D eigenvalue weighted by atomic mass is 16.1. The summed E-state index contributed by atoms with van der Waals surface area (Å²) in [6.45, 7) is 10.0. The van der Waals surface area contributed by atoms with Crippen molar-refractivity contribution in [2.75, 3.05) is 6.54 Å². The number of nitrogens with two attached hydrogens (primary N) is 1. The van der Waals surface area contributed by atoms with E-state index >= 15 is 0 Å². The van der Waals surface area contributed by atoms with Crippen molar-refractivity contribution >= 4 is 5.91 Å². The van der Waals surface area contributed by atoms with Crippen LogP contribution in [0.3, 0.4) is 0 Å². The molecule has 0 saturated heterocycles. The fraction of sp³-hybridized carbons (Fsp3) is 0.765. The van der Waals surface area contributed by atoms with Gasteiger partial charge in [0.2, 0.25) is 5.91 Å². The van der Waals surface area contributed by atoms with Gasteiger partial charge in [-0.2, -0.15) is 5.10 Å². The lowest BCUT2D eigenvalue weighted by Crippen LogP contribution is -2.38. The monoisotopic (exact) mass is 306 g/mol. The zero-order valence-corrected chi connectivity index (χ0v) is 14.4. The summed E-state index contributed by atoms with van der Waals surface area (Å²) in [7, 11) is 0. The minimum Gasteiger partial charge on any atom is -0.355 e. The Morgan fingerprint density at radius 1 is 1.41 bits per heavy atom. The van der Waals surface area contributed by atoms with Crippen LogP contribution >= 0.6 is 0 Å². The maximum absolute atomic E-state index is 12.0. The number of hydrogen-bond donors (Lipinski definition) is 2. The molecule has 0 bridgehead atoms. The SMILES string of the molecule is Cc1nn(CC(C)C)c(C)c1CCC(=O)NCC(N)C1CC1. The maximum Gasteiger partial charge on any atom is 0.220 e. The van der Waals surface area contributed by atoms with Gasteiger partial charge in [-0.05, 0) is 50.5 Å². The van der Waals surface area contributed by atoms with Gasteiger partial charge in [0.25, 0.3) is 0 Å². The molecule has 5 nitrogen and oxygen atoms in total. The molecular weight excluding hydrogens is 276 g/mol. The molecule has 0 aromatic carbocycles. The van der Waals surface area contributed by atoms with Crippen LogP contribution in [0.25, 0.3) is 0 Å². The largest absolute Gasteiger partial charge is 0.355 e. The lowest BCUT2D eigenvalue weighted by molar-refractivity contribution is -0.121. The Balaban J connectivity index is 1.82. The molecule has 1 unspecified atom stereocenters. The molecule has 1 aliphatic carbocycles. The van der Waals surface area contributed by atoms with Crippen molar-refractivity contribution in [3.05, 3.63) is 17.0 Å². The molecule has 1 fully saturated rings. The molecule has 22 heavy (non-hydrogen) atoms. The van der Waals surface area contributed by atoms with E-state index in [1.54, 1.807) is 0 Å². The lowest BCUT2D eigenvalue weighted by Gasteiger charge is -2.11. The third kappa shape index (κ3) is 4.57. The highest BCUT2D eigenvalue weighted by Gasteiger charge is 2.28. The predicted octanol–water partition coefficient (Wildman–Crippen LogP) is 1.94. The minimum absolute atomic E-state index is 0.0894. The van der Waals surface area contributed by atoms with Crippen molar-refractivity contribution in [1.82, 2.24) is 15.1 Å². The van der Waals surface area contributed by atoms with Crippen molar-refractivity contribution in [3.63, 3.8) is 0 Å². The van der Waals surface area contributed by atoms with Crippen LogP contribution in [0.15, 0.2) is 0 Å². The molecule has 0 spiro atoms. The van der Waals surface area contributed by atoms with Gasteiger partial charge in [-0.1, -0.05) is 13.8 Å². The van der Waals surface area contributed by atoms with Gasteiger partial charge < -0.3 is 11.1 Å². The van der Waals surface area contributed by atoms with E-state index in [0.29, 0.717) is 24.8 Å². The molecule has 1 amide bonds. The Labute approximate surface area is 133 Å². The number of aromatic nitrogens is 2. The van der Waals surface area contributed by atoms with E-state index in [4.69, 9.17) is 5.73 Å². The second-order valence-electron chi connectivity index (χ2n) is 7.03. The van der Waals surface area contributed by atoms with E-state index in [1.165, 1.54) is 24.1 Å². The highest BCUT2D eigenvalue weighted by Crippen LogP contribution is 2.31. The Morgan fingerprint density at radius 2 is 2.09 bits per heavy atom. The van der Waals surface area contributed by atoms with Crippen LogP contribution in [0.5, 0.6) is 0 Å². The van der Waals surface area contributed by atoms with Crippen LogP contribution in [0, 0.1) is 25.7 Å². The lowest BCUT2D eigenvalue weighted by atomic mass is 10.1. The van der Waals surface area contributed by atoms with Crippen molar-refractivity contribution in [2.24, 2.45) is 17.6 Å². The summed E-state index contributed by atoms with van der Waals surface area (Å²) >= 11 is 0. The normalized spacial score (nSPS) is 16.1. The number of aryl methyl sites for hydroxylation is 1. The van der Waals surface area contributed by atoms with Crippen LogP contribution in [-0.4, -0.2) is 28.3 Å². The second kappa shape index (κ2) is 7.27. The van der Waals surface area contributed by atoms with Crippen molar-refractivity contribution in [1.29, 1.82) is 0 Å². The quantitative estimate of drug-likeness (QED) is 0.771. The smallest absolute Gasteiger partial charge is 0.220 e. The third-order valence-electron chi connectivity index (χ3n) is 4.43. The summed E-state index contributed by atoms with van der Waals surface area (Å²) in [5.74, 6) is 1.28. The molecule has 124 valence electrons. The second-order valence-corrected chi connectivity index (χ2v) is 7.03. The number of amides is 1. The number of hydrogen-bond acceptors (Lipinski definition) is 3. The number of rotatable bonds is 8. The van der Waals surface area contributed by atoms with Crippen molar-refractivity contribution in [2.45, 2.75) is 66.0 Å². The molecule has 3 N–H and O–H groups in total. The molecule has 2 rings (SSSR count). The van der Waals surface area contributed by atoms with Crippen LogP contribution in [0.2, 0.25) is 0 Å². The standard InChI is InChI=1S/C17H30N4O/c1-11(2)10-21-13(4)15(12(3)20-21)7-8-17(22)19-9-16(18)14-5-6-14/h11,14,16H,5-10,18H2,1-4H3,(H,19,22). The van der Waals surface area contributed by atoms with Gasteiger partial charge in [0.15, 0.2) is 0 Å². The van der Waals surface area contributed by atoms with Gasteiger partial charge in [0.1, 0.15) is 0 Å². The van der Waals surface area contributed by atoms with Gasteiger partial charge in [0.05, 0.1) is 5.69 Å². The third-order valence-corrected chi connectivity index (χ3v) is 4.43. The zero-order valence-electron chi connectivity index (χ0n) is 14.4. The van der Waals surface area contributed by atoms with Crippen LogP contribution in [0.4, 0.5) is 0 Å². The summed E-state index contributed by atoms with van der Waals surface area (Å²) in [6, 6.07) is 0.126.